The molecular formula is C17H16IN3. The van der Waals surface area contributed by atoms with Crippen LogP contribution in [0.3, 0.4) is 0 Å². The van der Waals surface area contributed by atoms with Gasteiger partial charge in [0.2, 0.25) is 0 Å². The van der Waals surface area contributed by atoms with Crippen LogP contribution in [-0.4, -0.2) is 4.98 Å². The van der Waals surface area contributed by atoms with E-state index >= 15 is 0 Å². The van der Waals surface area contributed by atoms with Gasteiger partial charge in [-0.2, -0.15) is 0 Å². The third-order valence-corrected chi connectivity index (χ3v) is 4.31. The molecule has 0 spiro atoms. The molecule has 4 heteroatoms. The molecule has 3 aromatic rings. The molecule has 3 rings (SSSR count). The number of hydrogen-bond acceptors (Lipinski definition) is 3. The first-order chi connectivity index (χ1) is 10.3. The fourth-order valence-corrected chi connectivity index (χ4v) is 2.88. The first kappa shape index (κ1) is 14.4. The molecule has 0 fully saturated rings. The number of hydrogen-bond donors (Lipinski definition) is 2. The summed E-state index contributed by atoms with van der Waals surface area (Å²) < 4.78 is 1.24. The number of rotatable bonds is 4. The van der Waals surface area contributed by atoms with Crippen LogP contribution in [0, 0.1) is 3.57 Å². The highest BCUT2D eigenvalue weighted by Crippen LogP contribution is 2.25. The summed E-state index contributed by atoms with van der Waals surface area (Å²) in [6.45, 7) is 0. The molecule has 1 heterocycles. The van der Waals surface area contributed by atoms with Crippen molar-refractivity contribution in [1.29, 1.82) is 0 Å². The van der Waals surface area contributed by atoms with Gasteiger partial charge in [-0.3, -0.25) is 16.3 Å². The summed E-state index contributed by atoms with van der Waals surface area (Å²) >= 11 is 2.31. The third kappa shape index (κ3) is 3.23. The van der Waals surface area contributed by atoms with Gasteiger partial charge in [0.25, 0.3) is 0 Å². The predicted octanol–water partition coefficient (Wildman–Crippen LogP) is 3.59. The Hall–Kier alpha value is -1.50. The van der Waals surface area contributed by atoms with Crippen LogP contribution >= 0.6 is 22.6 Å². The zero-order valence-corrected chi connectivity index (χ0v) is 13.6. The normalized spacial score (nSPS) is 12.5. The summed E-state index contributed by atoms with van der Waals surface area (Å²) in [5.74, 6) is 5.79. The van der Waals surface area contributed by atoms with Crippen molar-refractivity contribution in [3.05, 3.63) is 75.5 Å². The molecular weight excluding hydrogens is 373 g/mol. The Labute approximate surface area is 137 Å². The molecule has 0 saturated carbocycles. The highest BCUT2D eigenvalue weighted by molar-refractivity contribution is 14.1. The number of pyridine rings is 1. The van der Waals surface area contributed by atoms with Crippen LogP contribution in [0.1, 0.15) is 17.2 Å². The molecule has 21 heavy (non-hydrogen) atoms. The Morgan fingerprint density at radius 1 is 1.05 bits per heavy atom. The minimum absolute atomic E-state index is 0.0451. The molecule has 0 amide bonds. The number of fused-ring (bicyclic) bond motifs is 1. The molecule has 0 bridgehead atoms. The second-order valence-electron chi connectivity index (χ2n) is 4.97. The average Bonchev–Trinajstić information content (AvgIpc) is 2.54. The molecule has 1 aromatic heterocycles. The Balaban J connectivity index is 1.96. The van der Waals surface area contributed by atoms with Crippen LogP contribution < -0.4 is 11.3 Å². The number of halogens is 1. The summed E-state index contributed by atoms with van der Waals surface area (Å²) in [5.41, 5.74) is 6.33. The number of para-hydroxylation sites is 1. The SMILES string of the molecule is NNC(Cc1ccc(I)cc1)c1cccc2cccnc12. The van der Waals surface area contributed by atoms with E-state index < -0.39 is 0 Å². The van der Waals surface area contributed by atoms with E-state index in [2.05, 4.69) is 81.5 Å². The summed E-state index contributed by atoms with van der Waals surface area (Å²) in [5, 5.41) is 1.14. The average molecular weight is 389 g/mol. The van der Waals surface area contributed by atoms with Crippen molar-refractivity contribution in [3.8, 4) is 0 Å². The molecule has 0 aliphatic rings. The maximum Gasteiger partial charge on any atom is 0.0750 e. The lowest BCUT2D eigenvalue weighted by molar-refractivity contribution is 0.555. The first-order valence-corrected chi connectivity index (χ1v) is 7.90. The molecule has 0 saturated heterocycles. The number of nitrogens with two attached hydrogens (primary N) is 1. The van der Waals surface area contributed by atoms with Crippen molar-refractivity contribution in [2.24, 2.45) is 5.84 Å². The van der Waals surface area contributed by atoms with Crippen LogP contribution in [0.25, 0.3) is 10.9 Å². The largest absolute Gasteiger partial charge is 0.271 e. The van der Waals surface area contributed by atoms with E-state index in [0.717, 1.165) is 22.9 Å². The fourth-order valence-electron chi connectivity index (χ4n) is 2.52. The minimum atomic E-state index is 0.0451. The van der Waals surface area contributed by atoms with Crippen molar-refractivity contribution in [2.45, 2.75) is 12.5 Å². The Kier molecular flexibility index (Phi) is 4.48. The first-order valence-electron chi connectivity index (χ1n) is 6.82. The molecule has 0 aliphatic heterocycles. The lowest BCUT2D eigenvalue weighted by Crippen LogP contribution is -2.29. The van der Waals surface area contributed by atoms with Gasteiger partial charge in [0.1, 0.15) is 0 Å². The second kappa shape index (κ2) is 6.51. The summed E-state index contributed by atoms with van der Waals surface area (Å²) in [6, 6.07) is 18.8. The van der Waals surface area contributed by atoms with Gasteiger partial charge < -0.3 is 0 Å². The minimum Gasteiger partial charge on any atom is -0.271 e. The third-order valence-electron chi connectivity index (χ3n) is 3.59. The van der Waals surface area contributed by atoms with Crippen molar-refractivity contribution in [3.63, 3.8) is 0 Å². The highest BCUT2D eigenvalue weighted by atomic mass is 127. The molecule has 0 aliphatic carbocycles. The Morgan fingerprint density at radius 3 is 2.57 bits per heavy atom. The van der Waals surface area contributed by atoms with Gasteiger partial charge in [-0.15, -0.1) is 0 Å². The highest BCUT2D eigenvalue weighted by Gasteiger charge is 2.14. The second-order valence-corrected chi connectivity index (χ2v) is 6.22. The van der Waals surface area contributed by atoms with E-state index in [9.17, 15) is 0 Å². The van der Waals surface area contributed by atoms with E-state index in [1.54, 1.807) is 0 Å². The Bertz CT molecular complexity index is 735. The lowest BCUT2D eigenvalue weighted by Gasteiger charge is -2.18. The topological polar surface area (TPSA) is 50.9 Å². The van der Waals surface area contributed by atoms with E-state index in [1.165, 1.54) is 9.13 Å². The van der Waals surface area contributed by atoms with Crippen LogP contribution in [0.2, 0.25) is 0 Å². The van der Waals surface area contributed by atoms with Crippen molar-refractivity contribution < 1.29 is 0 Å². The summed E-state index contributed by atoms with van der Waals surface area (Å²) in [4.78, 5) is 4.51. The summed E-state index contributed by atoms with van der Waals surface area (Å²) in [7, 11) is 0. The fraction of sp³-hybridized carbons (Fsp3) is 0.118. The van der Waals surface area contributed by atoms with Gasteiger partial charge in [0, 0.05) is 15.2 Å². The van der Waals surface area contributed by atoms with E-state index in [-0.39, 0.29) is 6.04 Å². The molecule has 3 N–H and O–H groups in total. The van der Waals surface area contributed by atoms with Gasteiger partial charge in [-0.1, -0.05) is 36.4 Å². The zero-order valence-electron chi connectivity index (χ0n) is 11.5. The van der Waals surface area contributed by atoms with Gasteiger partial charge >= 0.3 is 0 Å². The van der Waals surface area contributed by atoms with Crippen molar-refractivity contribution in [1.82, 2.24) is 10.4 Å². The quantitative estimate of drug-likeness (QED) is 0.408. The molecule has 2 aromatic carbocycles. The molecule has 106 valence electrons. The van der Waals surface area contributed by atoms with Crippen molar-refractivity contribution >= 4 is 33.5 Å². The molecule has 1 unspecified atom stereocenters. The van der Waals surface area contributed by atoms with Crippen molar-refractivity contribution in [2.75, 3.05) is 0 Å². The van der Waals surface area contributed by atoms with E-state index in [0.29, 0.717) is 0 Å². The molecule has 0 radical (unpaired) electrons. The lowest BCUT2D eigenvalue weighted by atomic mass is 9.97. The predicted molar refractivity (Wildman–Crippen MR) is 94.7 cm³/mol. The number of hydrazine groups is 1. The summed E-state index contributed by atoms with van der Waals surface area (Å²) in [6.07, 6.45) is 2.66. The van der Waals surface area contributed by atoms with Gasteiger partial charge in [-0.25, -0.2) is 0 Å². The molecule has 1 atom stereocenters. The van der Waals surface area contributed by atoms with E-state index in [1.807, 2.05) is 12.3 Å². The zero-order chi connectivity index (χ0) is 14.7. The van der Waals surface area contributed by atoms with Gasteiger partial charge in [0.15, 0.2) is 0 Å². The monoisotopic (exact) mass is 389 g/mol. The maximum absolute atomic E-state index is 5.79. The van der Waals surface area contributed by atoms with Crippen LogP contribution in [0.15, 0.2) is 60.8 Å². The number of nitrogens with zero attached hydrogens (tertiary/aromatic N) is 1. The number of benzene rings is 2. The van der Waals surface area contributed by atoms with Crippen LogP contribution in [0.4, 0.5) is 0 Å². The van der Waals surface area contributed by atoms with Crippen LogP contribution in [-0.2, 0) is 6.42 Å². The van der Waals surface area contributed by atoms with Gasteiger partial charge in [-0.05, 0) is 58.3 Å². The van der Waals surface area contributed by atoms with Crippen LogP contribution in [0.5, 0.6) is 0 Å². The standard InChI is InChI=1S/C17H16IN3/c18-14-8-6-12(7-9-14)11-16(21-19)15-5-1-3-13-4-2-10-20-17(13)15/h1-10,16,21H,11,19H2. The smallest absolute Gasteiger partial charge is 0.0750 e. The number of nitrogens with one attached hydrogen (secondary N) is 1. The van der Waals surface area contributed by atoms with E-state index in [4.69, 9.17) is 5.84 Å². The Morgan fingerprint density at radius 2 is 1.81 bits per heavy atom. The maximum atomic E-state index is 5.79. The molecule has 3 nitrogen and oxygen atoms in total. The van der Waals surface area contributed by atoms with Gasteiger partial charge in [0.05, 0.1) is 11.6 Å². The number of aromatic nitrogens is 1.